The highest BCUT2D eigenvalue weighted by atomic mass is 16.6. The van der Waals surface area contributed by atoms with Gasteiger partial charge in [0.2, 0.25) is 0 Å². The lowest BCUT2D eigenvalue weighted by Crippen LogP contribution is -2.93. The summed E-state index contributed by atoms with van der Waals surface area (Å²) in [6.07, 6.45) is -1.36. The van der Waals surface area contributed by atoms with Gasteiger partial charge in [-0.15, -0.1) is 0 Å². The van der Waals surface area contributed by atoms with Gasteiger partial charge in [-0.2, -0.15) is 0 Å². The average molecular weight is 575 g/mol. The smallest absolute Gasteiger partial charge is 0.340 e. The van der Waals surface area contributed by atoms with Crippen LogP contribution in [0.25, 0.3) is 0 Å². The Bertz CT molecular complexity index is 1280. The van der Waals surface area contributed by atoms with Crippen molar-refractivity contribution in [3.8, 4) is 0 Å². The minimum atomic E-state index is -2.24. The molecule has 11 heteroatoms. The fourth-order valence-electron chi connectivity index (χ4n) is 11.3. The van der Waals surface area contributed by atoms with Crippen molar-refractivity contribution in [2.75, 3.05) is 40.2 Å². The van der Waals surface area contributed by atoms with Crippen molar-refractivity contribution in [1.29, 1.82) is 0 Å². The minimum Gasteiger partial charge on any atom is -0.454 e. The van der Waals surface area contributed by atoms with Crippen LogP contribution in [0.4, 0.5) is 5.69 Å². The molecule has 6 aliphatic rings. The van der Waals surface area contributed by atoms with E-state index in [1.54, 1.807) is 31.4 Å². The summed E-state index contributed by atoms with van der Waals surface area (Å²) >= 11 is 0. The van der Waals surface area contributed by atoms with Crippen LogP contribution in [-0.4, -0.2) is 118 Å². The first-order valence-corrected chi connectivity index (χ1v) is 14.7. The molecule has 1 aromatic rings. The van der Waals surface area contributed by atoms with Crippen LogP contribution in [0.1, 0.15) is 49.4 Å². The molecule has 7 rings (SSSR count). The van der Waals surface area contributed by atoms with Crippen molar-refractivity contribution < 1.29 is 44.2 Å². The maximum atomic E-state index is 13.7. The molecule has 41 heavy (non-hydrogen) atoms. The van der Waals surface area contributed by atoms with Crippen molar-refractivity contribution in [3.63, 3.8) is 0 Å². The van der Waals surface area contributed by atoms with Gasteiger partial charge in [-0.1, -0.05) is 19.1 Å². The third-order valence-electron chi connectivity index (χ3n) is 12.6. The number of methoxy groups -OCH3 is 3. The quantitative estimate of drug-likeness (QED) is 0.231. The number of carbonyl (C=O) groups is 1. The summed E-state index contributed by atoms with van der Waals surface area (Å²) in [7, 11) is 4.56. The van der Waals surface area contributed by atoms with Gasteiger partial charge in [-0.25, -0.2) is 4.79 Å². The molecule has 6 N–H and O–H groups in total. The molecule has 226 valence electrons. The molecule has 1 aromatic carbocycles. The molecule has 7 bridgehead atoms. The molecule has 1 spiro atoms. The number of likely N-dealkylation sites (N-methyl/N-ethyl adjacent to an activating group) is 1. The number of ether oxygens (including phenoxy) is 4. The number of hydrogen-bond acceptors (Lipinski definition) is 11. The van der Waals surface area contributed by atoms with Gasteiger partial charge in [0.15, 0.2) is 5.60 Å². The zero-order chi connectivity index (χ0) is 29.4. The first-order valence-electron chi connectivity index (χ1n) is 14.7. The monoisotopic (exact) mass is 574 g/mol. The van der Waals surface area contributed by atoms with E-state index < -0.39 is 75.6 Å². The topological polar surface area (TPSA) is 164 Å². The Hall–Kier alpha value is -1.83. The first kappa shape index (κ1) is 28.0. The largest absolute Gasteiger partial charge is 0.454 e. The van der Waals surface area contributed by atoms with Crippen LogP contribution in [0.15, 0.2) is 24.3 Å². The number of piperidine rings is 1. The summed E-state index contributed by atoms with van der Waals surface area (Å²) in [4.78, 5) is 15.8. The fourth-order valence-corrected chi connectivity index (χ4v) is 11.3. The van der Waals surface area contributed by atoms with Crippen LogP contribution in [0.5, 0.6) is 0 Å². The van der Waals surface area contributed by atoms with Crippen LogP contribution in [0.3, 0.4) is 0 Å². The highest BCUT2D eigenvalue weighted by Crippen LogP contribution is 2.81. The summed E-state index contributed by atoms with van der Waals surface area (Å²) in [6.45, 7) is 2.69. The number of anilines is 1. The molecule has 0 aromatic heterocycles. The minimum absolute atomic E-state index is 0.00969. The van der Waals surface area contributed by atoms with E-state index in [1.807, 2.05) is 11.8 Å². The van der Waals surface area contributed by atoms with Gasteiger partial charge in [-0.3, -0.25) is 4.90 Å². The maximum absolute atomic E-state index is 13.7. The number of nitrogens with zero attached hydrogens (tertiary/aromatic N) is 1. The number of aliphatic hydroxyl groups is 4. The Labute approximate surface area is 239 Å². The molecular formula is C30H42N2O9. The Morgan fingerprint density at radius 1 is 1.02 bits per heavy atom. The molecule has 4 unspecified atom stereocenters. The molecule has 0 amide bonds. The zero-order valence-electron chi connectivity index (χ0n) is 24.1. The van der Waals surface area contributed by atoms with E-state index in [0.717, 1.165) is 0 Å². The second-order valence-corrected chi connectivity index (χ2v) is 13.4. The Balaban J connectivity index is 1.48. The predicted octanol–water partition coefficient (Wildman–Crippen LogP) is 0.0752. The van der Waals surface area contributed by atoms with Gasteiger partial charge in [0.1, 0.15) is 22.4 Å². The fraction of sp³-hybridized carbons (Fsp3) is 0.767. The van der Waals surface area contributed by atoms with Crippen LogP contribution >= 0.6 is 0 Å². The highest BCUT2D eigenvalue weighted by Gasteiger charge is 2.98. The summed E-state index contributed by atoms with van der Waals surface area (Å²) < 4.78 is 24.4. The van der Waals surface area contributed by atoms with E-state index in [1.165, 1.54) is 14.2 Å². The van der Waals surface area contributed by atoms with Crippen molar-refractivity contribution in [2.45, 2.75) is 91.4 Å². The third kappa shape index (κ3) is 2.69. The number of para-hydroxylation sites is 1. The molecule has 5 saturated carbocycles. The van der Waals surface area contributed by atoms with E-state index >= 15 is 0 Å². The molecule has 0 radical (unpaired) electrons. The molecule has 6 fully saturated rings. The van der Waals surface area contributed by atoms with Crippen molar-refractivity contribution in [1.82, 2.24) is 4.90 Å². The number of nitrogens with two attached hydrogens (primary N) is 1. The number of rotatable bonds is 6. The molecule has 1 heterocycles. The normalized spacial score (nSPS) is 52.9. The summed E-state index contributed by atoms with van der Waals surface area (Å²) in [5.74, 6) is -1.67. The van der Waals surface area contributed by atoms with Gasteiger partial charge < -0.3 is 45.1 Å². The standard InChI is InChI=1S/C30H42N2O9/c1-5-32-15-25(41-23(33)16-8-6-7-9-18(16)31)11-10-21(39-3)29-20(25)14-26(34,24(29)32)27(35)13-19(38-2)17-12-28(29,36)30(27,37)22(17)40-4/h6-9,17,19-22,24,34-37H,5,10-15,31H2,1-4H3/t17-,19+,20-,21?,22?,24?,25-,26+,27+,28-,29?,30+/m1/s1. The number of fused-ring (bicyclic) bond motifs is 2. The van der Waals surface area contributed by atoms with Crippen LogP contribution < -0.4 is 5.73 Å². The molecular weight excluding hydrogens is 532 g/mol. The SMILES string of the molecule is CCN1C[C@]2(OC(=O)c3ccccc3N)CCC(OC)C34C1[C@@](O)(C[C@@H]32)[C@@]1(O)C[C@H](OC)[C@H]2C[C@]4(O)[C@]1(O)C2OC. The number of carbonyl (C=O) groups excluding carboxylic acids is 1. The number of hydrogen-bond donors (Lipinski definition) is 5. The molecule has 12 atom stereocenters. The summed E-state index contributed by atoms with van der Waals surface area (Å²) in [6, 6.07) is 5.94. The number of benzene rings is 1. The lowest BCUT2D eigenvalue weighted by molar-refractivity contribution is -0.408. The third-order valence-corrected chi connectivity index (χ3v) is 12.6. The Morgan fingerprint density at radius 2 is 1.76 bits per heavy atom. The predicted molar refractivity (Wildman–Crippen MR) is 145 cm³/mol. The van der Waals surface area contributed by atoms with Crippen LogP contribution in [0, 0.1) is 17.3 Å². The molecule has 11 nitrogen and oxygen atoms in total. The van der Waals surface area contributed by atoms with Gasteiger partial charge in [0, 0.05) is 51.8 Å². The van der Waals surface area contributed by atoms with E-state index in [-0.39, 0.29) is 24.8 Å². The number of likely N-dealkylation sites (tertiary alicyclic amines) is 1. The second-order valence-electron chi connectivity index (χ2n) is 13.4. The zero-order valence-corrected chi connectivity index (χ0v) is 24.1. The van der Waals surface area contributed by atoms with E-state index in [2.05, 4.69) is 0 Å². The van der Waals surface area contributed by atoms with Crippen molar-refractivity contribution in [3.05, 3.63) is 29.8 Å². The average Bonchev–Trinajstić information content (AvgIpc) is 3.30. The van der Waals surface area contributed by atoms with E-state index in [9.17, 15) is 25.2 Å². The van der Waals surface area contributed by atoms with Crippen LogP contribution in [-0.2, 0) is 18.9 Å². The Kier molecular flexibility index (Phi) is 5.74. The van der Waals surface area contributed by atoms with Crippen LogP contribution in [0.2, 0.25) is 0 Å². The second kappa shape index (κ2) is 8.41. The summed E-state index contributed by atoms with van der Waals surface area (Å²) in [5, 5.41) is 51.8. The highest BCUT2D eigenvalue weighted by molar-refractivity contribution is 5.95. The number of esters is 1. The van der Waals surface area contributed by atoms with E-state index in [0.29, 0.717) is 31.6 Å². The van der Waals surface area contributed by atoms with Gasteiger partial charge in [-0.05, 0) is 44.4 Å². The van der Waals surface area contributed by atoms with Gasteiger partial charge in [0.25, 0.3) is 0 Å². The van der Waals surface area contributed by atoms with Crippen molar-refractivity contribution in [2.24, 2.45) is 17.3 Å². The molecule has 5 aliphatic carbocycles. The first-order chi connectivity index (χ1) is 19.4. The number of nitrogen functional groups attached to an aromatic ring is 1. The lowest BCUT2D eigenvalue weighted by Gasteiger charge is -2.74. The van der Waals surface area contributed by atoms with Crippen molar-refractivity contribution >= 4 is 11.7 Å². The Morgan fingerprint density at radius 3 is 2.39 bits per heavy atom. The maximum Gasteiger partial charge on any atom is 0.340 e. The summed E-state index contributed by atoms with van der Waals surface area (Å²) in [5.41, 5.74) is -4.06. The van der Waals surface area contributed by atoms with Gasteiger partial charge >= 0.3 is 5.97 Å². The molecule has 1 saturated heterocycles. The van der Waals surface area contributed by atoms with Gasteiger partial charge in [0.05, 0.1) is 35.3 Å². The lowest BCUT2D eigenvalue weighted by atomic mass is 9.41. The molecule has 1 aliphatic heterocycles. The van der Waals surface area contributed by atoms with E-state index in [4.69, 9.17) is 24.7 Å².